The largest absolute Gasteiger partial charge is 0.378 e. The van der Waals surface area contributed by atoms with E-state index < -0.39 is 0 Å². The first-order valence-corrected chi connectivity index (χ1v) is 9.77. The van der Waals surface area contributed by atoms with Crippen LogP contribution in [0.2, 0.25) is 0 Å². The highest BCUT2D eigenvalue weighted by atomic mass is 16.5. The minimum atomic E-state index is 0.529. The second kappa shape index (κ2) is 8.56. The number of hydrogen-bond acceptors (Lipinski definition) is 1. The zero-order valence-electron chi connectivity index (χ0n) is 14.9. The molecule has 0 aliphatic heterocycles. The van der Waals surface area contributed by atoms with Gasteiger partial charge < -0.3 is 4.74 Å². The lowest BCUT2D eigenvalue weighted by molar-refractivity contribution is -0.0382. The lowest BCUT2D eigenvalue weighted by Crippen LogP contribution is -2.36. The van der Waals surface area contributed by atoms with Gasteiger partial charge in [0.05, 0.1) is 6.10 Å². The van der Waals surface area contributed by atoms with Crippen molar-refractivity contribution in [2.75, 3.05) is 6.61 Å². The van der Waals surface area contributed by atoms with E-state index in [1.807, 2.05) is 0 Å². The van der Waals surface area contributed by atoms with Crippen LogP contribution in [0, 0.1) is 29.6 Å². The van der Waals surface area contributed by atoms with E-state index in [2.05, 4.69) is 27.7 Å². The fourth-order valence-corrected chi connectivity index (χ4v) is 4.91. The summed E-state index contributed by atoms with van der Waals surface area (Å²) in [7, 11) is 0. The topological polar surface area (TPSA) is 9.23 Å². The van der Waals surface area contributed by atoms with E-state index in [0.717, 1.165) is 36.2 Å². The summed E-state index contributed by atoms with van der Waals surface area (Å²) in [5.41, 5.74) is 0. The molecule has 0 amide bonds. The van der Waals surface area contributed by atoms with E-state index in [4.69, 9.17) is 4.74 Å². The second-order valence-corrected chi connectivity index (χ2v) is 7.92. The van der Waals surface area contributed by atoms with Crippen molar-refractivity contribution >= 4 is 0 Å². The van der Waals surface area contributed by atoms with Crippen molar-refractivity contribution < 1.29 is 4.74 Å². The van der Waals surface area contributed by atoms with E-state index in [9.17, 15) is 0 Å². The first kappa shape index (κ1) is 17.3. The molecule has 124 valence electrons. The standard InChI is InChI=1S/C20H38O/c1-5-17-7-9-18(10-8-17)11-12-19-13-14-20(21-6-2)16(4)15(19)3/h15-20H,5-14H2,1-4H3. The summed E-state index contributed by atoms with van der Waals surface area (Å²) < 4.78 is 5.93. The van der Waals surface area contributed by atoms with Crippen LogP contribution in [-0.4, -0.2) is 12.7 Å². The van der Waals surface area contributed by atoms with Crippen LogP contribution in [0.4, 0.5) is 0 Å². The number of hydrogen-bond donors (Lipinski definition) is 0. The molecule has 1 heteroatoms. The molecule has 0 aromatic carbocycles. The van der Waals surface area contributed by atoms with Crippen molar-refractivity contribution in [1.29, 1.82) is 0 Å². The second-order valence-electron chi connectivity index (χ2n) is 7.92. The van der Waals surface area contributed by atoms with Crippen LogP contribution in [-0.2, 0) is 4.74 Å². The third kappa shape index (κ3) is 4.71. The van der Waals surface area contributed by atoms with E-state index in [1.165, 1.54) is 57.8 Å². The third-order valence-electron chi connectivity index (χ3n) is 6.85. The van der Waals surface area contributed by atoms with E-state index >= 15 is 0 Å². The molecule has 0 spiro atoms. The van der Waals surface area contributed by atoms with Crippen molar-refractivity contribution in [2.45, 2.75) is 91.6 Å². The fraction of sp³-hybridized carbons (Fsp3) is 1.00. The maximum absolute atomic E-state index is 5.93. The monoisotopic (exact) mass is 294 g/mol. The Morgan fingerprint density at radius 3 is 2.05 bits per heavy atom. The van der Waals surface area contributed by atoms with Gasteiger partial charge in [-0.1, -0.05) is 59.3 Å². The molecule has 0 saturated heterocycles. The van der Waals surface area contributed by atoms with Crippen molar-refractivity contribution in [3.63, 3.8) is 0 Å². The minimum Gasteiger partial charge on any atom is -0.378 e. The Kier molecular flexibility index (Phi) is 7.05. The van der Waals surface area contributed by atoms with Gasteiger partial charge in [0.2, 0.25) is 0 Å². The van der Waals surface area contributed by atoms with Gasteiger partial charge in [-0.05, 0) is 55.8 Å². The third-order valence-corrected chi connectivity index (χ3v) is 6.85. The Morgan fingerprint density at radius 1 is 0.762 bits per heavy atom. The minimum absolute atomic E-state index is 0.529. The average molecular weight is 295 g/mol. The normalized spacial score (nSPS) is 41.1. The molecule has 2 aliphatic rings. The first-order chi connectivity index (χ1) is 10.2. The molecular formula is C20H38O. The number of rotatable bonds is 6. The Balaban J connectivity index is 1.71. The van der Waals surface area contributed by atoms with Gasteiger partial charge in [0, 0.05) is 6.61 Å². The van der Waals surface area contributed by atoms with Crippen LogP contribution in [0.1, 0.15) is 85.5 Å². The molecule has 0 radical (unpaired) electrons. The Hall–Kier alpha value is -0.0400. The molecule has 2 rings (SSSR count). The first-order valence-electron chi connectivity index (χ1n) is 9.77. The predicted molar refractivity (Wildman–Crippen MR) is 91.4 cm³/mol. The molecule has 0 aromatic rings. The fourth-order valence-electron chi connectivity index (χ4n) is 4.91. The van der Waals surface area contributed by atoms with Crippen LogP contribution in [0.5, 0.6) is 0 Å². The summed E-state index contributed by atoms with van der Waals surface area (Å²) in [6.45, 7) is 10.3. The Labute approximate surface area is 133 Å². The van der Waals surface area contributed by atoms with Gasteiger partial charge in [-0.15, -0.1) is 0 Å². The molecule has 1 nitrogen and oxygen atoms in total. The van der Waals surface area contributed by atoms with Crippen LogP contribution in [0.15, 0.2) is 0 Å². The summed E-state index contributed by atoms with van der Waals surface area (Å²) >= 11 is 0. The van der Waals surface area contributed by atoms with Crippen LogP contribution in [0.3, 0.4) is 0 Å². The maximum atomic E-state index is 5.93. The predicted octanol–water partition coefficient (Wildman–Crippen LogP) is 6.07. The quantitative estimate of drug-likeness (QED) is 0.577. The summed E-state index contributed by atoms with van der Waals surface area (Å²) in [5.74, 6) is 4.64. The van der Waals surface area contributed by atoms with Crippen LogP contribution >= 0.6 is 0 Å². The van der Waals surface area contributed by atoms with Crippen LogP contribution in [0.25, 0.3) is 0 Å². The zero-order chi connectivity index (χ0) is 15.2. The molecule has 2 aliphatic carbocycles. The summed E-state index contributed by atoms with van der Waals surface area (Å²) in [4.78, 5) is 0. The SMILES string of the molecule is CCOC1CCC(CCC2CCC(CC)CC2)C(C)C1C. The highest BCUT2D eigenvalue weighted by molar-refractivity contribution is 4.84. The maximum Gasteiger partial charge on any atom is 0.0603 e. The van der Waals surface area contributed by atoms with Crippen molar-refractivity contribution in [3.05, 3.63) is 0 Å². The Bertz CT molecular complexity index is 280. The van der Waals surface area contributed by atoms with E-state index in [1.54, 1.807) is 0 Å². The molecule has 0 bridgehead atoms. The molecule has 4 atom stereocenters. The van der Waals surface area contributed by atoms with Crippen molar-refractivity contribution in [2.24, 2.45) is 29.6 Å². The highest BCUT2D eigenvalue weighted by Gasteiger charge is 2.34. The number of ether oxygens (including phenoxy) is 1. The molecule has 2 saturated carbocycles. The van der Waals surface area contributed by atoms with Crippen LogP contribution < -0.4 is 0 Å². The van der Waals surface area contributed by atoms with Gasteiger partial charge in [0.15, 0.2) is 0 Å². The molecular weight excluding hydrogens is 256 g/mol. The van der Waals surface area contributed by atoms with E-state index in [0.29, 0.717) is 6.10 Å². The lowest BCUT2D eigenvalue weighted by Gasteiger charge is -2.40. The van der Waals surface area contributed by atoms with Crippen molar-refractivity contribution in [1.82, 2.24) is 0 Å². The molecule has 0 heterocycles. The van der Waals surface area contributed by atoms with Gasteiger partial charge in [-0.25, -0.2) is 0 Å². The van der Waals surface area contributed by atoms with Gasteiger partial charge in [-0.3, -0.25) is 0 Å². The van der Waals surface area contributed by atoms with Gasteiger partial charge >= 0.3 is 0 Å². The van der Waals surface area contributed by atoms with E-state index in [-0.39, 0.29) is 0 Å². The molecule has 0 N–H and O–H groups in total. The Morgan fingerprint density at radius 2 is 1.43 bits per heavy atom. The molecule has 0 aromatic heterocycles. The van der Waals surface area contributed by atoms with Gasteiger partial charge in [0.1, 0.15) is 0 Å². The molecule has 2 fully saturated rings. The average Bonchev–Trinajstić information content (AvgIpc) is 2.52. The highest BCUT2D eigenvalue weighted by Crippen LogP contribution is 2.41. The summed E-state index contributed by atoms with van der Waals surface area (Å²) in [6.07, 6.45) is 13.6. The smallest absolute Gasteiger partial charge is 0.0603 e. The lowest BCUT2D eigenvalue weighted by atomic mass is 9.69. The summed E-state index contributed by atoms with van der Waals surface area (Å²) in [6, 6.07) is 0. The zero-order valence-corrected chi connectivity index (χ0v) is 14.9. The van der Waals surface area contributed by atoms with Crippen molar-refractivity contribution in [3.8, 4) is 0 Å². The van der Waals surface area contributed by atoms with Gasteiger partial charge in [0.25, 0.3) is 0 Å². The molecule has 21 heavy (non-hydrogen) atoms. The van der Waals surface area contributed by atoms with Gasteiger partial charge in [-0.2, -0.15) is 0 Å². The molecule has 4 unspecified atom stereocenters. The summed E-state index contributed by atoms with van der Waals surface area (Å²) in [5, 5.41) is 0.